The molecule has 0 saturated heterocycles. The largest absolute Gasteiger partial charge is 0.477 e. The summed E-state index contributed by atoms with van der Waals surface area (Å²) in [7, 11) is 0. The summed E-state index contributed by atoms with van der Waals surface area (Å²) in [5.41, 5.74) is 0.473. The van der Waals surface area contributed by atoms with Crippen LogP contribution in [0, 0.1) is 0 Å². The van der Waals surface area contributed by atoms with Crippen molar-refractivity contribution in [3.8, 4) is 0 Å². The molecule has 0 aliphatic rings. The molecule has 2 N–H and O–H groups in total. The molecular weight excluding hydrogens is 723 g/mol. The van der Waals surface area contributed by atoms with Crippen LogP contribution in [0.25, 0.3) is 17.0 Å². The summed E-state index contributed by atoms with van der Waals surface area (Å²) < 4.78 is 5.72. The normalized spacial score (nSPS) is 11.5. The third-order valence-electron chi connectivity index (χ3n) is 11.7. The number of anilines is 1. The molecule has 7 heteroatoms. The lowest BCUT2D eigenvalue weighted by atomic mass is 10.0. The number of hydrogen-bond donors (Lipinski definition) is 2. The van der Waals surface area contributed by atoms with Crippen LogP contribution in [-0.2, 0) is 9.59 Å². The molecule has 1 aromatic heterocycles. The first-order valence-electron chi connectivity index (χ1n) is 24.0. The van der Waals surface area contributed by atoms with E-state index in [2.05, 4.69) is 24.8 Å². The van der Waals surface area contributed by atoms with Crippen LogP contribution in [0.15, 0.2) is 51.2 Å². The van der Waals surface area contributed by atoms with E-state index in [-0.39, 0.29) is 5.56 Å². The molecule has 2 rings (SSSR count). The lowest BCUT2D eigenvalue weighted by molar-refractivity contribution is -0.140. The van der Waals surface area contributed by atoms with Gasteiger partial charge >= 0.3 is 17.6 Å². The summed E-state index contributed by atoms with van der Waals surface area (Å²) in [4.78, 5) is 37.6. The van der Waals surface area contributed by atoms with E-state index in [0.717, 1.165) is 43.1 Å². The Labute approximate surface area is 353 Å². The predicted molar refractivity (Wildman–Crippen MR) is 246 cm³/mol. The minimum absolute atomic E-state index is 0.227. The number of carboxylic acid groups (broad SMARTS) is 2. The summed E-state index contributed by atoms with van der Waals surface area (Å²) in [5, 5.41) is 18.9. The van der Waals surface area contributed by atoms with E-state index in [9.17, 15) is 14.4 Å². The summed E-state index contributed by atoms with van der Waals surface area (Å²) in [5.74, 6) is -3.09. The van der Waals surface area contributed by atoms with Crippen LogP contribution in [0.5, 0.6) is 0 Å². The van der Waals surface area contributed by atoms with Crippen molar-refractivity contribution in [1.29, 1.82) is 0 Å². The van der Waals surface area contributed by atoms with Gasteiger partial charge in [-0.15, -0.1) is 0 Å². The number of benzene rings is 1. The highest BCUT2D eigenvalue weighted by Crippen LogP contribution is 2.24. The lowest BCUT2D eigenvalue weighted by Crippen LogP contribution is -2.25. The zero-order valence-corrected chi connectivity index (χ0v) is 37.1. The highest BCUT2D eigenvalue weighted by atomic mass is 16.4. The Morgan fingerprint density at radius 1 is 0.534 bits per heavy atom. The second-order valence-electron chi connectivity index (χ2n) is 16.9. The van der Waals surface area contributed by atoms with Crippen molar-refractivity contribution in [2.24, 2.45) is 0 Å². The van der Waals surface area contributed by atoms with Gasteiger partial charge in [0, 0.05) is 30.2 Å². The van der Waals surface area contributed by atoms with Gasteiger partial charge in [-0.3, -0.25) is 0 Å². The van der Waals surface area contributed by atoms with Crippen molar-refractivity contribution in [3.63, 3.8) is 0 Å². The predicted octanol–water partition coefficient (Wildman–Crippen LogP) is 15.2. The first-order chi connectivity index (χ1) is 28.4. The topological polar surface area (TPSA) is 108 Å². The molecule has 0 aliphatic heterocycles. The number of aliphatic carboxylic acids is 2. The van der Waals surface area contributed by atoms with E-state index in [4.69, 9.17) is 14.6 Å². The third-order valence-corrected chi connectivity index (χ3v) is 11.7. The van der Waals surface area contributed by atoms with Crippen molar-refractivity contribution < 1.29 is 24.2 Å². The van der Waals surface area contributed by atoms with Gasteiger partial charge in [0.15, 0.2) is 0 Å². The molecule has 0 atom stereocenters. The minimum atomic E-state index is -1.54. The number of nitrogens with zero attached hydrogens (tertiary/aromatic N) is 1. The molecular formula is C51H83NO6. The van der Waals surface area contributed by atoms with Crippen LogP contribution in [0.2, 0.25) is 0 Å². The maximum atomic E-state index is 12.8. The van der Waals surface area contributed by atoms with Crippen LogP contribution >= 0.6 is 0 Å². The molecule has 0 unspecified atom stereocenters. The quantitative estimate of drug-likeness (QED) is 0.0173. The fourth-order valence-corrected chi connectivity index (χ4v) is 7.98. The number of hydrogen-bond acceptors (Lipinski definition) is 5. The average molecular weight is 806 g/mol. The second kappa shape index (κ2) is 34.5. The number of unbranched alkanes of at least 4 members (excludes halogenated alkanes) is 30. The van der Waals surface area contributed by atoms with E-state index >= 15 is 0 Å². The molecule has 0 spiro atoms. The van der Waals surface area contributed by atoms with Crippen molar-refractivity contribution in [1.82, 2.24) is 0 Å². The van der Waals surface area contributed by atoms with Gasteiger partial charge in [-0.25, -0.2) is 14.4 Å². The number of rotatable bonds is 39. The maximum Gasteiger partial charge on any atom is 0.343 e. The monoisotopic (exact) mass is 806 g/mol. The van der Waals surface area contributed by atoms with E-state index in [0.29, 0.717) is 5.58 Å². The highest BCUT2D eigenvalue weighted by molar-refractivity contribution is 6.12. The van der Waals surface area contributed by atoms with E-state index in [1.807, 2.05) is 12.1 Å². The molecule has 0 radical (unpaired) electrons. The molecule has 0 saturated carbocycles. The molecule has 0 bridgehead atoms. The van der Waals surface area contributed by atoms with Gasteiger partial charge in [0.2, 0.25) is 0 Å². The standard InChI is InChI=1S/C51H83NO6/c1-3-5-7-9-11-13-15-17-19-21-23-25-27-29-31-33-40-52(41-34-32-30-28-26-24-22-20-18-16-14-12-10-8-6-4-2)46-39-38-44-42-45(51(57)58-48(44)43-46)36-35-37-47(49(53)54)50(55)56/h35-39,42-43H,3-34,40-41H2,1-2H3,(H,53,54)(H,55,56)/b36-35+. The van der Waals surface area contributed by atoms with Crippen molar-refractivity contribution >= 4 is 34.7 Å². The van der Waals surface area contributed by atoms with E-state index < -0.39 is 23.1 Å². The van der Waals surface area contributed by atoms with E-state index in [1.165, 1.54) is 205 Å². The Morgan fingerprint density at radius 3 is 1.26 bits per heavy atom. The van der Waals surface area contributed by atoms with Gasteiger partial charge in [0.25, 0.3) is 0 Å². The van der Waals surface area contributed by atoms with Crippen LogP contribution in [-0.4, -0.2) is 35.2 Å². The Morgan fingerprint density at radius 2 is 0.897 bits per heavy atom. The van der Waals surface area contributed by atoms with E-state index in [1.54, 1.807) is 6.07 Å². The Kier molecular flexibility index (Phi) is 30.2. The fraction of sp³-hybridized carbons (Fsp3) is 0.706. The SMILES string of the molecule is CCCCCCCCCCCCCCCCCCN(CCCCCCCCCCCCCCCCCC)c1ccc2cc(/C=C/C=C(C(=O)O)C(=O)O)c(=O)oc2c1. The van der Waals surface area contributed by atoms with Gasteiger partial charge in [-0.05, 0) is 43.2 Å². The van der Waals surface area contributed by atoms with Crippen LogP contribution < -0.4 is 10.5 Å². The highest BCUT2D eigenvalue weighted by Gasteiger charge is 2.14. The molecule has 0 fully saturated rings. The summed E-state index contributed by atoms with van der Waals surface area (Å²) in [6.07, 6.45) is 46.9. The van der Waals surface area contributed by atoms with Gasteiger partial charge < -0.3 is 19.5 Å². The zero-order chi connectivity index (χ0) is 41.9. The molecule has 1 aromatic carbocycles. The van der Waals surface area contributed by atoms with Crippen molar-refractivity contribution in [2.45, 2.75) is 219 Å². The number of fused-ring (bicyclic) bond motifs is 1. The van der Waals surface area contributed by atoms with Gasteiger partial charge in [-0.2, -0.15) is 0 Å². The number of carbonyl (C=O) groups is 2. The first kappa shape index (κ1) is 50.8. The first-order valence-corrected chi connectivity index (χ1v) is 24.0. The fourth-order valence-electron chi connectivity index (χ4n) is 7.98. The average Bonchev–Trinajstić information content (AvgIpc) is 3.20. The number of carboxylic acids is 2. The summed E-state index contributed by atoms with van der Waals surface area (Å²) in [6, 6.07) is 7.73. The van der Waals surface area contributed by atoms with Gasteiger partial charge in [-0.1, -0.05) is 213 Å². The van der Waals surface area contributed by atoms with Crippen molar-refractivity contribution in [3.05, 3.63) is 58.0 Å². The third kappa shape index (κ3) is 24.5. The summed E-state index contributed by atoms with van der Waals surface area (Å²) >= 11 is 0. The number of allylic oxidation sites excluding steroid dienone is 2. The maximum absolute atomic E-state index is 12.8. The van der Waals surface area contributed by atoms with Crippen molar-refractivity contribution in [2.75, 3.05) is 18.0 Å². The molecule has 328 valence electrons. The smallest absolute Gasteiger partial charge is 0.343 e. The Bertz CT molecular complexity index is 1420. The molecule has 0 amide bonds. The molecule has 1 heterocycles. The molecule has 2 aromatic rings. The molecule has 0 aliphatic carbocycles. The Balaban J connectivity index is 1.81. The van der Waals surface area contributed by atoms with Gasteiger partial charge in [0.1, 0.15) is 11.2 Å². The van der Waals surface area contributed by atoms with Crippen LogP contribution in [0.3, 0.4) is 0 Å². The minimum Gasteiger partial charge on any atom is -0.477 e. The van der Waals surface area contributed by atoms with Crippen LogP contribution in [0.1, 0.15) is 225 Å². The molecule has 7 nitrogen and oxygen atoms in total. The van der Waals surface area contributed by atoms with Gasteiger partial charge in [0.05, 0.1) is 5.56 Å². The lowest BCUT2D eigenvalue weighted by Gasteiger charge is -2.25. The van der Waals surface area contributed by atoms with Crippen LogP contribution in [0.4, 0.5) is 5.69 Å². The second-order valence-corrected chi connectivity index (χ2v) is 16.9. The zero-order valence-electron chi connectivity index (χ0n) is 37.1. The summed E-state index contributed by atoms with van der Waals surface area (Å²) in [6.45, 7) is 6.53. The molecule has 58 heavy (non-hydrogen) atoms. The Hall–Kier alpha value is -3.35.